The van der Waals surface area contributed by atoms with Crippen molar-refractivity contribution < 1.29 is 21.6 Å². The summed E-state index contributed by atoms with van der Waals surface area (Å²) in [6, 6.07) is 10.3. The van der Waals surface area contributed by atoms with E-state index in [0.29, 0.717) is 19.2 Å². The van der Waals surface area contributed by atoms with Crippen molar-refractivity contribution in [3.8, 4) is 11.3 Å². The third-order valence-electron chi connectivity index (χ3n) is 5.19. The second-order valence-electron chi connectivity index (χ2n) is 7.42. The lowest BCUT2D eigenvalue weighted by atomic mass is 10.1. The van der Waals surface area contributed by atoms with Gasteiger partial charge in [-0.15, -0.1) is 11.3 Å². The largest absolute Gasteiger partial charge is 0.416 e. The monoisotopic (exact) mass is 501 g/mol. The van der Waals surface area contributed by atoms with Crippen LogP contribution in [0, 0.1) is 6.92 Å². The van der Waals surface area contributed by atoms with Crippen LogP contribution in [0.2, 0.25) is 5.02 Å². The number of hydrogen-bond donors (Lipinski definition) is 0. The first-order chi connectivity index (χ1) is 15.1. The highest BCUT2D eigenvalue weighted by molar-refractivity contribution is 7.89. The van der Waals surface area contributed by atoms with E-state index in [0.717, 1.165) is 34.1 Å². The lowest BCUT2D eigenvalue weighted by molar-refractivity contribution is -0.137. The predicted molar refractivity (Wildman–Crippen MR) is 120 cm³/mol. The number of aromatic nitrogens is 1. The van der Waals surface area contributed by atoms with E-state index in [1.54, 1.807) is 0 Å². The van der Waals surface area contributed by atoms with Gasteiger partial charge in [-0.05, 0) is 31.2 Å². The zero-order chi connectivity index (χ0) is 23.1. The molecule has 2 heterocycles. The van der Waals surface area contributed by atoms with Crippen LogP contribution in [0.15, 0.2) is 52.7 Å². The number of halogens is 4. The van der Waals surface area contributed by atoms with Gasteiger partial charge in [-0.1, -0.05) is 35.4 Å². The van der Waals surface area contributed by atoms with Gasteiger partial charge in [0.15, 0.2) is 5.13 Å². The first kappa shape index (κ1) is 23.0. The molecular formula is C21H19ClF3N3O2S2. The van der Waals surface area contributed by atoms with Crippen molar-refractivity contribution in [2.45, 2.75) is 18.0 Å². The van der Waals surface area contributed by atoms with Crippen LogP contribution in [0.5, 0.6) is 0 Å². The average Bonchev–Trinajstić information content (AvgIpc) is 3.23. The molecule has 3 aromatic rings. The number of benzene rings is 2. The van der Waals surface area contributed by atoms with Gasteiger partial charge in [-0.25, -0.2) is 13.4 Å². The Morgan fingerprint density at radius 1 is 1.06 bits per heavy atom. The molecule has 0 saturated carbocycles. The molecule has 1 aromatic heterocycles. The van der Waals surface area contributed by atoms with Crippen molar-refractivity contribution in [1.29, 1.82) is 0 Å². The van der Waals surface area contributed by atoms with Gasteiger partial charge in [0.25, 0.3) is 0 Å². The van der Waals surface area contributed by atoms with Gasteiger partial charge in [-0.2, -0.15) is 17.5 Å². The Balaban J connectivity index is 1.49. The number of rotatable bonds is 4. The quantitative estimate of drug-likeness (QED) is 0.486. The predicted octanol–water partition coefficient (Wildman–Crippen LogP) is 5.30. The molecule has 1 saturated heterocycles. The minimum absolute atomic E-state index is 0.119. The van der Waals surface area contributed by atoms with Crippen molar-refractivity contribution in [1.82, 2.24) is 9.29 Å². The zero-order valence-corrected chi connectivity index (χ0v) is 19.3. The number of sulfonamides is 1. The Morgan fingerprint density at radius 2 is 1.78 bits per heavy atom. The molecule has 0 N–H and O–H groups in total. The van der Waals surface area contributed by atoms with Crippen LogP contribution in [0.1, 0.15) is 11.1 Å². The molecule has 0 unspecified atom stereocenters. The fourth-order valence-electron chi connectivity index (χ4n) is 3.48. The Kier molecular flexibility index (Phi) is 6.23. The van der Waals surface area contributed by atoms with Crippen LogP contribution >= 0.6 is 22.9 Å². The molecule has 11 heteroatoms. The van der Waals surface area contributed by atoms with E-state index >= 15 is 0 Å². The van der Waals surface area contributed by atoms with Crippen molar-refractivity contribution in [3.63, 3.8) is 0 Å². The van der Waals surface area contributed by atoms with Crippen molar-refractivity contribution in [3.05, 3.63) is 64.0 Å². The summed E-state index contributed by atoms with van der Waals surface area (Å²) in [5.41, 5.74) is 1.93. The molecule has 2 aromatic carbocycles. The number of alkyl halides is 3. The first-order valence-corrected chi connectivity index (χ1v) is 12.4. The zero-order valence-electron chi connectivity index (χ0n) is 16.9. The average molecular weight is 502 g/mol. The molecule has 0 spiro atoms. The lowest BCUT2D eigenvalue weighted by Crippen LogP contribution is -2.48. The molecule has 0 radical (unpaired) electrons. The number of aryl methyl sites for hydroxylation is 1. The van der Waals surface area contributed by atoms with Gasteiger partial charge >= 0.3 is 6.18 Å². The summed E-state index contributed by atoms with van der Waals surface area (Å²) in [4.78, 5) is 6.12. The Hall–Kier alpha value is -2.14. The fraction of sp³-hybridized carbons (Fsp3) is 0.286. The number of piperazine rings is 1. The molecule has 0 amide bonds. The molecule has 4 rings (SSSR count). The molecule has 1 fully saturated rings. The number of thiazole rings is 1. The highest BCUT2D eigenvalue weighted by Gasteiger charge is 2.35. The highest BCUT2D eigenvalue weighted by atomic mass is 35.5. The van der Waals surface area contributed by atoms with Gasteiger partial charge < -0.3 is 4.90 Å². The smallest absolute Gasteiger partial charge is 0.345 e. The maximum atomic E-state index is 13.1. The van der Waals surface area contributed by atoms with Crippen LogP contribution in [-0.4, -0.2) is 43.9 Å². The van der Waals surface area contributed by atoms with Crippen molar-refractivity contribution in [2.24, 2.45) is 0 Å². The van der Waals surface area contributed by atoms with E-state index < -0.39 is 26.7 Å². The molecule has 0 atom stereocenters. The summed E-state index contributed by atoms with van der Waals surface area (Å²) >= 11 is 7.42. The van der Waals surface area contributed by atoms with E-state index in [1.807, 2.05) is 41.5 Å². The third-order valence-corrected chi connectivity index (χ3v) is 8.47. The maximum absolute atomic E-state index is 13.1. The minimum atomic E-state index is -4.66. The Morgan fingerprint density at radius 3 is 2.44 bits per heavy atom. The first-order valence-electron chi connectivity index (χ1n) is 9.70. The van der Waals surface area contributed by atoms with Gasteiger partial charge in [0.1, 0.15) is 4.90 Å². The van der Waals surface area contributed by atoms with E-state index in [-0.39, 0.29) is 18.1 Å². The van der Waals surface area contributed by atoms with Gasteiger partial charge in [-0.3, -0.25) is 0 Å². The van der Waals surface area contributed by atoms with Crippen LogP contribution in [0.25, 0.3) is 11.3 Å². The molecule has 5 nitrogen and oxygen atoms in total. The van der Waals surface area contributed by atoms with E-state index in [9.17, 15) is 21.6 Å². The third kappa shape index (κ3) is 4.63. The Bertz CT molecular complexity index is 1240. The summed E-state index contributed by atoms with van der Waals surface area (Å²) in [7, 11) is -4.17. The van der Waals surface area contributed by atoms with Crippen LogP contribution in [-0.2, 0) is 16.2 Å². The molecule has 0 aliphatic carbocycles. The number of anilines is 1. The second kappa shape index (κ2) is 8.66. The lowest BCUT2D eigenvalue weighted by Gasteiger charge is -2.34. The summed E-state index contributed by atoms with van der Waals surface area (Å²) in [6.45, 7) is 2.99. The Labute approximate surface area is 193 Å². The van der Waals surface area contributed by atoms with E-state index in [4.69, 9.17) is 11.6 Å². The number of hydrogen-bond acceptors (Lipinski definition) is 5. The summed E-state index contributed by atoms with van der Waals surface area (Å²) < 4.78 is 66.3. The molecule has 1 aliphatic rings. The van der Waals surface area contributed by atoms with Crippen molar-refractivity contribution in [2.75, 3.05) is 31.1 Å². The molecule has 1 aliphatic heterocycles. The SMILES string of the molecule is Cc1cccc(-c2csc(N3CCN(S(=O)(=O)c4cc(C(F)(F)F)ccc4Cl)CC3)n2)c1. The van der Waals surface area contributed by atoms with Crippen LogP contribution in [0.3, 0.4) is 0 Å². The number of nitrogens with zero attached hydrogens (tertiary/aromatic N) is 3. The summed E-state index contributed by atoms with van der Waals surface area (Å²) in [6.07, 6.45) is -4.66. The topological polar surface area (TPSA) is 53.5 Å². The minimum Gasteiger partial charge on any atom is -0.345 e. The summed E-state index contributed by atoms with van der Waals surface area (Å²) in [5.74, 6) is 0. The normalized spacial score (nSPS) is 15.8. The molecule has 170 valence electrons. The van der Waals surface area contributed by atoms with Gasteiger partial charge in [0, 0.05) is 37.1 Å². The summed E-state index contributed by atoms with van der Waals surface area (Å²) in [5, 5.41) is 2.49. The van der Waals surface area contributed by atoms with Crippen LogP contribution < -0.4 is 4.90 Å². The van der Waals surface area contributed by atoms with Gasteiger partial charge in [0.05, 0.1) is 16.3 Å². The maximum Gasteiger partial charge on any atom is 0.416 e. The van der Waals surface area contributed by atoms with Crippen LogP contribution in [0.4, 0.5) is 18.3 Å². The molecule has 0 bridgehead atoms. The fourth-order valence-corrected chi connectivity index (χ4v) is 6.29. The second-order valence-corrected chi connectivity index (χ2v) is 10.6. The van der Waals surface area contributed by atoms with E-state index in [2.05, 4.69) is 4.98 Å². The molecular weight excluding hydrogens is 483 g/mol. The highest BCUT2D eigenvalue weighted by Crippen LogP contribution is 2.35. The van der Waals surface area contributed by atoms with E-state index in [1.165, 1.54) is 15.6 Å². The molecule has 32 heavy (non-hydrogen) atoms. The standard InChI is InChI=1S/C21H19ClF3N3O2S2/c1-14-3-2-4-15(11-14)18-13-31-20(26-18)27-7-9-28(10-8-27)32(29,30)19-12-16(21(23,24)25)5-6-17(19)22/h2-6,11-13H,7-10H2,1H3. The van der Waals surface area contributed by atoms with Crippen molar-refractivity contribution >= 4 is 38.1 Å². The van der Waals surface area contributed by atoms with Gasteiger partial charge in [0.2, 0.25) is 10.0 Å².